The molecular weight excluding hydrogens is 406 g/mol. The van der Waals surface area contributed by atoms with Crippen molar-refractivity contribution in [3.8, 4) is 11.5 Å². The SMILES string of the molecule is CCC1(NC(=O)c2c(C)oc3cc(Oc4ccnn5cc(C=O)c(C)c45)ccc23)CCC1. The van der Waals surface area contributed by atoms with Crippen LogP contribution in [0.5, 0.6) is 11.5 Å². The molecule has 1 aliphatic rings. The number of furan rings is 1. The molecule has 0 aliphatic heterocycles. The van der Waals surface area contributed by atoms with Crippen molar-refractivity contribution < 1.29 is 18.7 Å². The Balaban J connectivity index is 1.48. The quantitative estimate of drug-likeness (QED) is 0.415. The van der Waals surface area contributed by atoms with Crippen LogP contribution in [0.3, 0.4) is 0 Å². The average Bonchev–Trinajstić information content (AvgIpc) is 3.26. The van der Waals surface area contributed by atoms with Gasteiger partial charge in [0.15, 0.2) is 12.0 Å². The number of nitrogens with one attached hydrogen (secondary N) is 1. The fraction of sp³-hybridized carbons (Fsp3) is 0.320. The topological polar surface area (TPSA) is 85.8 Å². The van der Waals surface area contributed by atoms with E-state index in [0.29, 0.717) is 34.0 Å². The Morgan fingerprint density at radius 1 is 1.31 bits per heavy atom. The van der Waals surface area contributed by atoms with Gasteiger partial charge in [0.05, 0.1) is 11.8 Å². The number of fused-ring (bicyclic) bond motifs is 2. The number of aromatic nitrogens is 2. The summed E-state index contributed by atoms with van der Waals surface area (Å²) in [4.78, 5) is 24.4. The molecule has 0 spiro atoms. The van der Waals surface area contributed by atoms with Gasteiger partial charge in [-0.25, -0.2) is 4.52 Å². The van der Waals surface area contributed by atoms with Gasteiger partial charge in [-0.1, -0.05) is 6.92 Å². The van der Waals surface area contributed by atoms with Crippen LogP contribution >= 0.6 is 0 Å². The first kappa shape index (κ1) is 20.3. The summed E-state index contributed by atoms with van der Waals surface area (Å²) in [6.45, 7) is 5.79. The van der Waals surface area contributed by atoms with Gasteiger partial charge in [-0.05, 0) is 57.2 Å². The Labute approximate surface area is 185 Å². The second-order valence-corrected chi connectivity index (χ2v) is 8.55. The van der Waals surface area contributed by atoms with Crippen LogP contribution in [-0.2, 0) is 0 Å². The number of aldehydes is 1. The monoisotopic (exact) mass is 431 g/mol. The molecule has 32 heavy (non-hydrogen) atoms. The first-order valence-corrected chi connectivity index (χ1v) is 10.9. The molecule has 0 radical (unpaired) electrons. The van der Waals surface area contributed by atoms with Gasteiger partial charge in [0.1, 0.15) is 22.6 Å². The van der Waals surface area contributed by atoms with Crippen molar-refractivity contribution in [2.45, 2.75) is 52.0 Å². The van der Waals surface area contributed by atoms with E-state index in [0.717, 1.165) is 48.4 Å². The molecule has 0 unspecified atom stereocenters. The molecule has 7 nitrogen and oxygen atoms in total. The number of nitrogens with zero attached hydrogens (tertiary/aromatic N) is 2. The Hall–Kier alpha value is -3.61. The highest BCUT2D eigenvalue weighted by atomic mass is 16.5. The van der Waals surface area contributed by atoms with E-state index in [4.69, 9.17) is 9.15 Å². The van der Waals surface area contributed by atoms with E-state index < -0.39 is 0 Å². The van der Waals surface area contributed by atoms with Gasteiger partial charge in [0, 0.05) is 34.8 Å². The maximum Gasteiger partial charge on any atom is 0.255 e. The van der Waals surface area contributed by atoms with E-state index in [2.05, 4.69) is 17.3 Å². The van der Waals surface area contributed by atoms with Crippen molar-refractivity contribution in [3.05, 3.63) is 59.1 Å². The Morgan fingerprint density at radius 2 is 2.12 bits per heavy atom. The number of amides is 1. The molecule has 1 aliphatic carbocycles. The zero-order chi connectivity index (χ0) is 22.5. The molecule has 1 fully saturated rings. The van der Waals surface area contributed by atoms with Gasteiger partial charge in [0.25, 0.3) is 5.91 Å². The second kappa shape index (κ2) is 7.51. The maximum atomic E-state index is 13.1. The number of carbonyl (C=O) groups excluding carboxylic acids is 2. The van der Waals surface area contributed by atoms with Crippen molar-refractivity contribution in [1.82, 2.24) is 14.9 Å². The van der Waals surface area contributed by atoms with Crippen molar-refractivity contribution in [3.63, 3.8) is 0 Å². The molecule has 0 saturated heterocycles. The number of hydrogen-bond donors (Lipinski definition) is 1. The number of benzene rings is 1. The summed E-state index contributed by atoms with van der Waals surface area (Å²) in [5, 5.41) is 8.26. The molecule has 5 rings (SSSR count). The maximum absolute atomic E-state index is 13.1. The molecule has 0 atom stereocenters. The fourth-order valence-electron chi connectivity index (χ4n) is 4.59. The molecule has 3 aromatic heterocycles. The summed E-state index contributed by atoms with van der Waals surface area (Å²) < 4.78 is 13.7. The zero-order valence-corrected chi connectivity index (χ0v) is 18.4. The summed E-state index contributed by atoms with van der Waals surface area (Å²) in [7, 11) is 0. The van der Waals surface area contributed by atoms with E-state index in [1.165, 1.54) is 0 Å². The van der Waals surface area contributed by atoms with E-state index in [9.17, 15) is 9.59 Å². The van der Waals surface area contributed by atoms with Gasteiger partial charge < -0.3 is 14.5 Å². The van der Waals surface area contributed by atoms with Crippen molar-refractivity contribution in [2.24, 2.45) is 0 Å². The molecule has 0 bridgehead atoms. The average molecular weight is 431 g/mol. The number of ether oxygens (including phenoxy) is 1. The van der Waals surface area contributed by atoms with Crippen LogP contribution in [-0.4, -0.2) is 27.3 Å². The van der Waals surface area contributed by atoms with Crippen molar-refractivity contribution in [1.29, 1.82) is 0 Å². The number of aryl methyl sites for hydroxylation is 2. The van der Waals surface area contributed by atoms with Crippen molar-refractivity contribution in [2.75, 3.05) is 0 Å². The van der Waals surface area contributed by atoms with E-state index in [1.807, 2.05) is 26.0 Å². The largest absolute Gasteiger partial charge is 0.460 e. The van der Waals surface area contributed by atoms with Gasteiger partial charge in [-0.15, -0.1) is 0 Å². The summed E-state index contributed by atoms with van der Waals surface area (Å²) in [5.74, 6) is 1.66. The second-order valence-electron chi connectivity index (χ2n) is 8.55. The van der Waals surface area contributed by atoms with Crippen LogP contribution in [0.4, 0.5) is 0 Å². The van der Waals surface area contributed by atoms with Crippen LogP contribution in [0.15, 0.2) is 41.1 Å². The lowest BCUT2D eigenvalue weighted by atomic mass is 9.74. The van der Waals surface area contributed by atoms with E-state index in [-0.39, 0.29) is 11.4 Å². The zero-order valence-electron chi connectivity index (χ0n) is 18.4. The Morgan fingerprint density at radius 3 is 2.81 bits per heavy atom. The normalized spacial score (nSPS) is 15.0. The smallest absolute Gasteiger partial charge is 0.255 e. The highest BCUT2D eigenvalue weighted by molar-refractivity contribution is 6.07. The highest BCUT2D eigenvalue weighted by Gasteiger charge is 2.37. The Kier molecular flexibility index (Phi) is 4.77. The standard InChI is InChI=1S/C25H25N3O4/c1-4-25(9-5-10-25)27-24(30)22-16(3)31-21-12-18(6-7-19(21)22)32-20-8-11-26-28-13-17(14-29)15(2)23(20)28/h6-8,11-14H,4-5,9-10H2,1-3H3,(H,27,30). The molecule has 164 valence electrons. The van der Waals surface area contributed by atoms with Crippen LogP contribution in [0.1, 0.15) is 64.6 Å². The molecule has 7 heteroatoms. The first-order chi connectivity index (χ1) is 15.4. The van der Waals surface area contributed by atoms with Gasteiger partial charge in [0.2, 0.25) is 0 Å². The predicted octanol–water partition coefficient (Wildman–Crippen LogP) is 5.36. The minimum absolute atomic E-state index is 0.0850. The number of rotatable bonds is 6. The van der Waals surface area contributed by atoms with Crippen LogP contribution < -0.4 is 10.1 Å². The van der Waals surface area contributed by atoms with Crippen LogP contribution in [0.2, 0.25) is 0 Å². The highest BCUT2D eigenvalue weighted by Crippen LogP contribution is 2.37. The number of carbonyl (C=O) groups is 2. The molecular formula is C25H25N3O4. The van der Waals surface area contributed by atoms with Crippen LogP contribution in [0, 0.1) is 13.8 Å². The van der Waals surface area contributed by atoms with E-state index >= 15 is 0 Å². The summed E-state index contributed by atoms with van der Waals surface area (Å²) in [5.41, 5.74) is 3.19. The molecule has 1 N–H and O–H groups in total. The minimum atomic E-state index is -0.0856. The summed E-state index contributed by atoms with van der Waals surface area (Å²) >= 11 is 0. The molecule has 4 aromatic rings. The molecule has 1 amide bonds. The third-order valence-corrected chi connectivity index (χ3v) is 6.71. The van der Waals surface area contributed by atoms with Gasteiger partial charge in [-0.2, -0.15) is 5.10 Å². The summed E-state index contributed by atoms with van der Waals surface area (Å²) in [6, 6.07) is 7.22. The fourth-order valence-corrected chi connectivity index (χ4v) is 4.59. The Bertz CT molecular complexity index is 1360. The summed E-state index contributed by atoms with van der Waals surface area (Å²) in [6.07, 6.45) is 8.23. The van der Waals surface area contributed by atoms with Gasteiger partial charge >= 0.3 is 0 Å². The minimum Gasteiger partial charge on any atom is -0.460 e. The molecule has 1 saturated carbocycles. The van der Waals surface area contributed by atoms with E-state index in [1.54, 1.807) is 29.0 Å². The van der Waals surface area contributed by atoms with Gasteiger partial charge in [-0.3, -0.25) is 9.59 Å². The molecule has 3 heterocycles. The van der Waals surface area contributed by atoms with Crippen molar-refractivity contribution >= 4 is 28.7 Å². The first-order valence-electron chi connectivity index (χ1n) is 10.9. The third kappa shape index (κ3) is 3.16. The number of hydrogen-bond acceptors (Lipinski definition) is 5. The lowest BCUT2D eigenvalue weighted by Crippen LogP contribution is -2.53. The van der Waals surface area contributed by atoms with Crippen LogP contribution in [0.25, 0.3) is 16.5 Å². The lowest BCUT2D eigenvalue weighted by Gasteiger charge is -2.42. The predicted molar refractivity (Wildman–Crippen MR) is 121 cm³/mol. The lowest BCUT2D eigenvalue weighted by molar-refractivity contribution is 0.0820. The molecule has 1 aromatic carbocycles. The third-order valence-electron chi connectivity index (χ3n) is 6.71.